The molecular weight excluding hydrogens is 250 g/mol. The number of hydrogen-bond donors (Lipinski definition) is 0. The third kappa shape index (κ3) is 3.75. The van der Waals surface area contributed by atoms with Crippen LogP contribution in [0.3, 0.4) is 0 Å². The topological polar surface area (TPSA) is 33.5 Å². The van der Waals surface area contributed by atoms with Gasteiger partial charge in [-0.1, -0.05) is 20.8 Å². The number of carbonyl (C=O) groups excluding carboxylic acids is 1. The molecule has 0 saturated heterocycles. The molecule has 0 bridgehead atoms. The van der Waals surface area contributed by atoms with E-state index in [2.05, 4.69) is 20.8 Å². The minimum Gasteiger partial charge on any atom is -0.461 e. The number of carbonyl (C=O) groups is 1. The second kappa shape index (κ2) is 6.78. The molecule has 1 aromatic rings. The minimum atomic E-state index is 0.0754. The molecule has 2 rings (SSSR count). The highest BCUT2D eigenvalue weighted by molar-refractivity contribution is 5.91. The van der Waals surface area contributed by atoms with Crippen molar-refractivity contribution in [3.05, 3.63) is 29.7 Å². The van der Waals surface area contributed by atoms with Crippen LogP contribution in [0.2, 0.25) is 0 Å². The molecule has 1 aliphatic rings. The molecule has 2 atom stereocenters. The Bertz CT molecular complexity index is 469. The number of rotatable bonds is 7. The Kier molecular flexibility index (Phi) is 5.05. The first-order chi connectivity index (χ1) is 9.65. The maximum atomic E-state index is 12.1. The summed E-state index contributed by atoms with van der Waals surface area (Å²) in [6.45, 7) is 8.06. The maximum Gasteiger partial charge on any atom is 0.246 e. The normalized spacial score (nSPS) is 21.4. The first kappa shape index (κ1) is 14.9. The molecule has 0 spiro atoms. The van der Waals surface area contributed by atoms with Crippen LogP contribution in [0.25, 0.3) is 6.08 Å². The number of hydrogen-bond acceptors (Lipinski definition) is 2. The van der Waals surface area contributed by atoms with Crippen molar-refractivity contribution >= 4 is 12.0 Å². The van der Waals surface area contributed by atoms with Crippen LogP contribution in [0.15, 0.2) is 22.6 Å². The van der Waals surface area contributed by atoms with Crippen molar-refractivity contribution in [3.8, 4) is 0 Å². The van der Waals surface area contributed by atoms with E-state index in [0.717, 1.165) is 43.4 Å². The lowest BCUT2D eigenvalue weighted by Gasteiger charge is -2.19. The van der Waals surface area contributed by atoms with Crippen LogP contribution in [-0.2, 0) is 4.79 Å². The van der Waals surface area contributed by atoms with Crippen molar-refractivity contribution in [1.82, 2.24) is 4.90 Å². The van der Waals surface area contributed by atoms with E-state index in [1.165, 1.54) is 6.42 Å². The van der Waals surface area contributed by atoms with Crippen molar-refractivity contribution < 1.29 is 9.21 Å². The zero-order chi connectivity index (χ0) is 14.5. The lowest BCUT2D eigenvalue weighted by atomic mass is 10.3. The summed E-state index contributed by atoms with van der Waals surface area (Å²) in [6, 6.07) is 3.99. The van der Waals surface area contributed by atoms with E-state index >= 15 is 0 Å². The highest BCUT2D eigenvalue weighted by Gasteiger charge is 2.36. The third-order valence-corrected chi connectivity index (χ3v) is 3.81. The van der Waals surface area contributed by atoms with Gasteiger partial charge >= 0.3 is 0 Å². The smallest absolute Gasteiger partial charge is 0.246 e. The van der Waals surface area contributed by atoms with Gasteiger partial charge in [0, 0.05) is 25.1 Å². The van der Waals surface area contributed by atoms with Gasteiger partial charge in [-0.15, -0.1) is 0 Å². The van der Waals surface area contributed by atoms with E-state index < -0.39 is 0 Å². The first-order valence-electron chi connectivity index (χ1n) is 7.72. The summed E-state index contributed by atoms with van der Waals surface area (Å²) in [5.74, 6) is 3.24. The molecule has 1 amide bonds. The van der Waals surface area contributed by atoms with Crippen LogP contribution in [0, 0.1) is 5.92 Å². The highest BCUT2D eigenvalue weighted by Crippen LogP contribution is 2.47. The Labute approximate surface area is 121 Å². The van der Waals surface area contributed by atoms with Gasteiger partial charge in [-0.2, -0.15) is 0 Å². The molecule has 2 unspecified atom stereocenters. The Morgan fingerprint density at radius 1 is 1.35 bits per heavy atom. The number of furan rings is 1. The molecule has 1 heterocycles. The fourth-order valence-electron chi connectivity index (χ4n) is 2.51. The summed E-state index contributed by atoms with van der Waals surface area (Å²) < 4.78 is 5.77. The van der Waals surface area contributed by atoms with Crippen LogP contribution >= 0.6 is 0 Å². The van der Waals surface area contributed by atoms with Gasteiger partial charge in [-0.05, 0) is 43.4 Å². The molecule has 1 fully saturated rings. The van der Waals surface area contributed by atoms with Gasteiger partial charge in [-0.25, -0.2) is 0 Å². The largest absolute Gasteiger partial charge is 0.461 e. The van der Waals surface area contributed by atoms with Crippen molar-refractivity contribution in [2.24, 2.45) is 5.92 Å². The molecule has 0 N–H and O–H groups in total. The molecular formula is C17H25NO2. The van der Waals surface area contributed by atoms with Crippen LogP contribution in [0.5, 0.6) is 0 Å². The molecule has 1 saturated carbocycles. The summed E-state index contributed by atoms with van der Waals surface area (Å²) in [4.78, 5) is 14.0. The predicted octanol–water partition coefficient (Wildman–Crippen LogP) is 4.06. The second-order valence-electron chi connectivity index (χ2n) is 5.72. The highest BCUT2D eigenvalue weighted by atomic mass is 16.3. The second-order valence-corrected chi connectivity index (χ2v) is 5.72. The van der Waals surface area contributed by atoms with Gasteiger partial charge in [0.25, 0.3) is 0 Å². The van der Waals surface area contributed by atoms with Crippen molar-refractivity contribution in [1.29, 1.82) is 0 Å². The molecule has 3 heteroatoms. The summed E-state index contributed by atoms with van der Waals surface area (Å²) in [7, 11) is 0. The minimum absolute atomic E-state index is 0.0754. The lowest BCUT2D eigenvalue weighted by Crippen LogP contribution is -2.30. The zero-order valence-electron chi connectivity index (χ0n) is 12.8. The van der Waals surface area contributed by atoms with E-state index in [0.29, 0.717) is 5.92 Å². The van der Waals surface area contributed by atoms with E-state index in [1.54, 1.807) is 12.2 Å². The monoisotopic (exact) mass is 275 g/mol. The van der Waals surface area contributed by atoms with Gasteiger partial charge in [-0.3, -0.25) is 4.79 Å². The molecule has 3 nitrogen and oxygen atoms in total. The first-order valence-corrected chi connectivity index (χ1v) is 7.72. The quantitative estimate of drug-likeness (QED) is 0.703. The standard InChI is InChI=1S/C17H25NO2/c1-4-10-18(11-5-2)17(19)9-7-14-6-8-16(20-14)15-12-13(15)3/h6-9,13,15H,4-5,10-12H2,1-3H3/b9-7+. The van der Waals surface area contributed by atoms with Crippen LogP contribution in [-0.4, -0.2) is 23.9 Å². The van der Waals surface area contributed by atoms with Gasteiger partial charge < -0.3 is 9.32 Å². The Morgan fingerprint density at radius 3 is 2.55 bits per heavy atom. The fourth-order valence-corrected chi connectivity index (χ4v) is 2.51. The Morgan fingerprint density at radius 2 is 2.00 bits per heavy atom. The summed E-state index contributed by atoms with van der Waals surface area (Å²) in [5.41, 5.74) is 0. The van der Waals surface area contributed by atoms with E-state index in [9.17, 15) is 4.79 Å². The number of amides is 1. The maximum absolute atomic E-state index is 12.1. The van der Waals surface area contributed by atoms with Crippen LogP contribution in [0.4, 0.5) is 0 Å². The number of nitrogens with zero attached hydrogens (tertiary/aromatic N) is 1. The van der Waals surface area contributed by atoms with Gasteiger partial charge in [0.2, 0.25) is 5.91 Å². The predicted molar refractivity (Wildman–Crippen MR) is 81.4 cm³/mol. The molecule has 0 aliphatic heterocycles. The molecule has 0 radical (unpaired) electrons. The average molecular weight is 275 g/mol. The van der Waals surface area contributed by atoms with Crippen LogP contribution < -0.4 is 0 Å². The molecule has 20 heavy (non-hydrogen) atoms. The third-order valence-electron chi connectivity index (χ3n) is 3.81. The summed E-state index contributed by atoms with van der Waals surface area (Å²) in [5, 5.41) is 0. The Hall–Kier alpha value is -1.51. The molecule has 1 aliphatic carbocycles. The van der Waals surface area contributed by atoms with Crippen molar-refractivity contribution in [2.45, 2.75) is 46.0 Å². The lowest BCUT2D eigenvalue weighted by molar-refractivity contribution is -0.126. The van der Waals surface area contributed by atoms with E-state index in [1.807, 2.05) is 17.0 Å². The summed E-state index contributed by atoms with van der Waals surface area (Å²) >= 11 is 0. The van der Waals surface area contributed by atoms with Crippen molar-refractivity contribution in [2.75, 3.05) is 13.1 Å². The van der Waals surface area contributed by atoms with Crippen LogP contribution in [0.1, 0.15) is 57.5 Å². The van der Waals surface area contributed by atoms with Gasteiger partial charge in [0.05, 0.1) is 0 Å². The molecule has 0 aromatic carbocycles. The Balaban J connectivity index is 1.93. The SMILES string of the molecule is CCCN(CCC)C(=O)/C=C/c1ccc(C2CC2C)o1. The average Bonchev–Trinajstić information content (AvgIpc) is 2.99. The van der Waals surface area contributed by atoms with Crippen molar-refractivity contribution in [3.63, 3.8) is 0 Å². The van der Waals surface area contributed by atoms with E-state index in [-0.39, 0.29) is 5.91 Å². The van der Waals surface area contributed by atoms with Gasteiger partial charge in [0.15, 0.2) is 0 Å². The fraction of sp³-hybridized carbons (Fsp3) is 0.588. The molecule has 1 aromatic heterocycles. The van der Waals surface area contributed by atoms with E-state index in [4.69, 9.17) is 4.42 Å². The van der Waals surface area contributed by atoms with Gasteiger partial charge in [0.1, 0.15) is 11.5 Å². The summed E-state index contributed by atoms with van der Waals surface area (Å²) in [6.07, 6.45) is 6.62. The molecule has 110 valence electrons. The zero-order valence-corrected chi connectivity index (χ0v) is 12.8.